The third-order valence-corrected chi connectivity index (χ3v) is 4.16. The zero-order valence-corrected chi connectivity index (χ0v) is 13.3. The van der Waals surface area contributed by atoms with Crippen molar-refractivity contribution >= 4 is 11.8 Å². The first-order valence-corrected chi connectivity index (χ1v) is 7.94. The van der Waals surface area contributed by atoms with E-state index in [4.69, 9.17) is 0 Å². The zero-order valence-electron chi connectivity index (χ0n) is 13.3. The fourth-order valence-electron chi connectivity index (χ4n) is 3.00. The van der Waals surface area contributed by atoms with Crippen LogP contribution in [0.2, 0.25) is 0 Å². The first kappa shape index (κ1) is 15.6. The fourth-order valence-corrected chi connectivity index (χ4v) is 3.00. The van der Waals surface area contributed by atoms with Crippen LogP contribution in [0, 0.1) is 6.92 Å². The molecule has 2 heterocycles. The van der Waals surface area contributed by atoms with Gasteiger partial charge in [0, 0.05) is 12.6 Å². The van der Waals surface area contributed by atoms with E-state index in [1.807, 2.05) is 43.3 Å². The van der Waals surface area contributed by atoms with E-state index >= 15 is 0 Å². The highest BCUT2D eigenvalue weighted by Crippen LogP contribution is 2.19. The van der Waals surface area contributed by atoms with Gasteiger partial charge in [-0.1, -0.05) is 30.3 Å². The third-order valence-electron chi connectivity index (χ3n) is 4.16. The molecule has 1 saturated heterocycles. The molecule has 0 unspecified atom stereocenters. The van der Waals surface area contributed by atoms with Crippen molar-refractivity contribution in [2.45, 2.75) is 32.4 Å². The summed E-state index contributed by atoms with van der Waals surface area (Å²) in [6.07, 6.45) is 1.78. The monoisotopic (exact) mass is 314 g/mol. The summed E-state index contributed by atoms with van der Waals surface area (Å²) in [6.45, 7) is 3.20. The number of benzene rings is 1. The Morgan fingerprint density at radius 2 is 2.17 bits per heavy atom. The molecule has 23 heavy (non-hydrogen) atoms. The summed E-state index contributed by atoms with van der Waals surface area (Å²) in [5.41, 5.74) is 1.98. The minimum Gasteiger partial charge on any atom is -0.394 e. The van der Waals surface area contributed by atoms with E-state index in [0.29, 0.717) is 18.9 Å². The molecule has 6 nitrogen and oxygen atoms in total. The molecule has 0 spiro atoms. The van der Waals surface area contributed by atoms with E-state index in [2.05, 4.69) is 10.4 Å². The second-order valence-electron chi connectivity index (χ2n) is 5.92. The normalized spacial score (nSPS) is 17.5. The molecule has 1 aromatic carbocycles. The standard InChI is InChI=1S/C17H22N4O2/c1-13-10-16(18-17(23)20-9-5-8-15(20)12-22)21(19-13)11-14-6-3-2-4-7-14/h2-4,6-7,10,15,22H,5,8-9,11-12H2,1H3,(H,18,23)/t15-/m1/s1. The average molecular weight is 314 g/mol. The molecule has 2 amide bonds. The van der Waals surface area contributed by atoms with Gasteiger partial charge in [-0.15, -0.1) is 0 Å². The molecule has 122 valence electrons. The summed E-state index contributed by atoms with van der Waals surface area (Å²) in [7, 11) is 0. The van der Waals surface area contributed by atoms with Gasteiger partial charge < -0.3 is 10.0 Å². The lowest BCUT2D eigenvalue weighted by molar-refractivity contribution is 0.166. The summed E-state index contributed by atoms with van der Waals surface area (Å²) in [4.78, 5) is 14.2. The number of aromatic nitrogens is 2. The number of carbonyl (C=O) groups excluding carboxylic acids is 1. The number of aryl methyl sites for hydroxylation is 1. The van der Waals surface area contributed by atoms with Gasteiger partial charge in [-0.05, 0) is 25.3 Å². The molecule has 1 fully saturated rings. The van der Waals surface area contributed by atoms with Crippen LogP contribution in [0.25, 0.3) is 0 Å². The Kier molecular flexibility index (Phi) is 4.62. The Morgan fingerprint density at radius 1 is 1.39 bits per heavy atom. The number of nitrogens with one attached hydrogen (secondary N) is 1. The fraction of sp³-hybridized carbons (Fsp3) is 0.412. The van der Waals surface area contributed by atoms with Crippen LogP contribution in [0.4, 0.5) is 10.6 Å². The zero-order chi connectivity index (χ0) is 16.2. The summed E-state index contributed by atoms with van der Waals surface area (Å²) in [5.74, 6) is 0.681. The maximum absolute atomic E-state index is 12.5. The van der Waals surface area contributed by atoms with Gasteiger partial charge >= 0.3 is 6.03 Å². The van der Waals surface area contributed by atoms with Crippen molar-refractivity contribution < 1.29 is 9.90 Å². The van der Waals surface area contributed by atoms with E-state index in [-0.39, 0.29) is 18.7 Å². The molecular formula is C17H22N4O2. The van der Waals surface area contributed by atoms with Crippen LogP contribution in [0.5, 0.6) is 0 Å². The molecule has 2 aromatic rings. The predicted molar refractivity (Wildman–Crippen MR) is 88.3 cm³/mol. The van der Waals surface area contributed by atoms with Gasteiger partial charge in [-0.25, -0.2) is 9.48 Å². The van der Waals surface area contributed by atoms with Crippen molar-refractivity contribution in [3.63, 3.8) is 0 Å². The molecule has 1 aromatic heterocycles. The summed E-state index contributed by atoms with van der Waals surface area (Å²) < 4.78 is 1.80. The Hall–Kier alpha value is -2.34. The molecule has 1 aliphatic rings. The van der Waals surface area contributed by atoms with Gasteiger partial charge in [0.25, 0.3) is 0 Å². The van der Waals surface area contributed by atoms with Crippen molar-refractivity contribution in [2.24, 2.45) is 0 Å². The van der Waals surface area contributed by atoms with Crippen molar-refractivity contribution in [3.05, 3.63) is 47.7 Å². The third kappa shape index (κ3) is 3.53. The molecule has 0 aliphatic carbocycles. The number of carbonyl (C=O) groups is 1. The number of urea groups is 1. The summed E-state index contributed by atoms with van der Waals surface area (Å²) >= 11 is 0. The number of hydrogen-bond acceptors (Lipinski definition) is 3. The lowest BCUT2D eigenvalue weighted by atomic mass is 10.2. The first-order valence-electron chi connectivity index (χ1n) is 7.94. The summed E-state index contributed by atoms with van der Waals surface area (Å²) in [6, 6.07) is 11.6. The average Bonchev–Trinajstić information content (AvgIpc) is 3.15. The van der Waals surface area contributed by atoms with Crippen molar-refractivity contribution in [3.8, 4) is 0 Å². The Bertz CT molecular complexity index is 668. The lowest BCUT2D eigenvalue weighted by Crippen LogP contribution is -2.40. The molecule has 1 atom stereocenters. The Morgan fingerprint density at radius 3 is 2.91 bits per heavy atom. The number of likely N-dealkylation sites (tertiary alicyclic amines) is 1. The van der Waals surface area contributed by atoms with E-state index in [0.717, 1.165) is 24.1 Å². The molecule has 0 saturated carbocycles. The number of aliphatic hydroxyl groups is 1. The van der Waals surface area contributed by atoms with E-state index in [1.165, 1.54) is 0 Å². The van der Waals surface area contributed by atoms with Gasteiger partial charge in [0.15, 0.2) is 0 Å². The minimum absolute atomic E-state index is 0.00965. The van der Waals surface area contributed by atoms with Crippen LogP contribution in [0.3, 0.4) is 0 Å². The SMILES string of the molecule is Cc1cc(NC(=O)N2CCC[C@@H]2CO)n(Cc2ccccc2)n1. The number of amides is 2. The molecular weight excluding hydrogens is 292 g/mol. The number of hydrogen-bond donors (Lipinski definition) is 2. The Balaban J connectivity index is 1.74. The van der Waals surface area contributed by atoms with Crippen LogP contribution in [0.15, 0.2) is 36.4 Å². The minimum atomic E-state index is -0.171. The lowest BCUT2D eigenvalue weighted by Gasteiger charge is -2.23. The van der Waals surface area contributed by atoms with Crippen LogP contribution < -0.4 is 5.32 Å². The highest BCUT2D eigenvalue weighted by molar-refractivity contribution is 5.89. The van der Waals surface area contributed by atoms with Crippen molar-refractivity contribution in [2.75, 3.05) is 18.5 Å². The second kappa shape index (κ2) is 6.83. The molecule has 3 rings (SSSR count). The van der Waals surface area contributed by atoms with Gasteiger partial charge in [0.05, 0.1) is 24.9 Å². The highest BCUT2D eigenvalue weighted by atomic mass is 16.3. The highest BCUT2D eigenvalue weighted by Gasteiger charge is 2.28. The van der Waals surface area contributed by atoms with E-state index in [9.17, 15) is 9.90 Å². The van der Waals surface area contributed by atoms with Crippen LogP contribution in [-0.2, 0) is 6.54 Å². The van der Waals surface area contributed by atoms with E-state index in [1.54, 1.807) is 9.58 Å². The topological polar surface area (TPSA) is 70.4 Å². The van der Waals surface area contributed by atoms with Gasteiger partial charge in [0.1, 0.15) is 5.82 Å². The number of nitrogens with zero attached hydrogens (tertiary/aromatic N) is 3. The molecule has 0 bridgehead atoms. The second-order valence-corrected chi connectivity index (χ2v) is 5.92. The predicted octanol–water partition coefficient (Wildman–Crippen LogP) is 2.23. The van der Waals surface area contributed by atoms with Gasteiger partial charge in [-0.2, -0.15) is 5.10 Å². The first-order chi connectivity index (χ1) is 11.2. The van der Waals surface area contributed by atoms with Crippen LogP contribution in [-0.4, -0.2) is 45.0 Å². The molecule has 0 radical (unpaired) electrons. The molecule has 2 N–H and O–H groups in total. The van der Waals surface area contributed by atoms with Crippen LogP contribution in [0.1, 0.15) is 24.1 Å². The number of anilines is 1. The largest absolute Gasteiger partial charge is 0.394 e. The van der Waals surface area contributed by atoms with Crippen molar-refractivity contribution in [1.82, 2.24) is 14.7 Å². The summed E-state index contributed by atoms with van der Waals surface area (Å²) in [5, 5.41) is 16.8. The molecule has 1 aliphatic heterocycles. The van der Waals surface area contributed by atoms with Gasteiger partial charge in [0.2, 0.25) is 0 Å². The number of aliphatic hydroxyl groups excluding tert-OH is 1. The smallest absolute Gasteiger partial charge is 0.323 e. The van der Waals surface area contributed by atoms with Crippen LogP contribution >= 0.6 is 0 Å². The molecule has 6 heteroatoms. The van der Waals surface area contributed by atoms with E-state index < -0.39 is 0 Å². The van der Waals surface area contributed by atoms with Crippen molar-refractivity contribution in [1.29, 1.82) is 0 Å². The quantitative estimate of drug-likeness (QED) is 0.909. The maximum atomic E-state index is 12.5. The Labute approximate surface area is 135 Å². The number of rotatable bonds is 4. The van der Waals surface area contributed by atoms with Gasteiger partial charge in [-0.3, -0.25) is 5.32 Å². The maximum Gasteiger partial charge on any atom is 0.323 e.